The summed E-state index contributed by atoms with van der Waals surface area (Å²) in [6.07, 6.45) is 0.511. The lowest BCUT2D eigenvalue weighted by molar-refractivity contribution is -0.139. The lowest BCUT2D eigenvalue weighted by Crippen LogP contribution is -2.14. The van der Waals surface area contributed by atoms with Crippen molar-refractivity contribution in [3.8, 4) is 0 Å². The van der Waals surface area contributed by atoms with Gasteiger partial charge in [-0.25, -0.2) is 0 Å². The number of carboxylic acids is 1. The Morgan fingerprint density at radius 3 is 2.67 bits per heavy atom. The number of carbonyl (C=O) groups is 1. The van der Waals surface area contributed by atoms with Crippen LogP contribution in [0.25, 0.3) is 0 Å². The minimum Gasteiger partial charge on any atom is -0.481 e. The standard InChI is InChI=1S/C12H16O3/c1-9-5-3-4-6-10(9)11(12(13)14)7-8-15-2/h3-6,11H,7-8H2,1-2H3,(H,13,14). The summed E-state index contributed by atoms with van der Waals surface area (Å²) in [6.45, 7) is 2.39. The van der Waals surface area contributed by atoms with Crippen LogP contribution >= 0.6 is 0 Å². The molecule has 0 heterocycles. The summed E-state index contributed by atoms with van der Waals surface area (Å²) in [6, 6.07) is 7.57. The predicted octanol–water partition coefficient (Wildman–Crippen LogP) is 2.20. The van der Waals surface area contributed by atoms with Crippen molar-refractivity contribution in [3.63, 3.8) is 0 Å². The third kappa shape index (κ3) is 3.06. The first-order chi connectivity index (χ1) is 7.16. The molecule has 1 atom stereocenters. The van der Waals surface area contributed by atoms with Crippen LogP contribution in [0.4, 0.5) is 0 Å². The number of carboxylic acid groups (broad SMARTS) is 1. The van der Waals surface area contributed by atoms with Crippen molar-refractivity contribution in [2.45, 2.75) is 19.3 Å². The summed E-state index contributed by atoms with van der Waals surface area (Å²) in [5.74, 6) is -1.26. The second-order valence-corrected chi connectivity index (χ2v) is 3.53. The Hall–Kier alpha value is -1.35. The Morgan fingerprint density at radius 2 is 2.13 bits per heavy atom. The molecule has 0 aliphatic heterocycles. The van der Waals surface area contributed by atoms with Crippen LogP contribution in [0.1, 0.15) is 23.5 Å². The third-order valence-electron chi connectivity index (χ3n) is 2.47. The first-order valence-electron chi connectivity index (χ1n) is 4.94. The quantitative estimate of drug-likeness (QED) is 0.806. The monoisotopic (exact) mass is 208 g/mol. The summed E-state index contributed by atoms with van der Waals surface area (Å²) < 4.78 is 4.92. The molecule has 1 aromatic carbocycles. The van der Waals surface area contributed by atoms with E-state index in [0.29, 0.717) is 13.0 Å². The highest BCUT2D eigenvalue weighted by Gasteiger charge is 2.20. The van der Waals surface area contributed by atoms with E-state index in [1.807, 2.05) is 31.2 Å². The number of ether oxygens (including phenoxy) is 1. The van der Waals surface area contributed by atoms with E-state index in [1.54, 1.807) is 7.11 Å². The van der Waals surface area contributed by atoms with E-state index in [9.17, 15) is 4.79 Å². The highest BCUT2D eigenvalue weighted by molar-refractivity contribution is 5.76. The molecule has 0 saturated heterocycles. The number of benzene rings is 1. The van der Waals surface area contributed by atoms with Gasteiger partial charge in [-0.3, -0.25) is 4.79 Å². The first-order valence-corrected chi connectivity index (χ1v) is 4.94. The normalized spacial score (nSPS) is 12.4. The van der Waals surface area contributed by atoms with Crippen LogP contribution in [0.5, 0.6) is 0 Å². The van der Waals surface area contributed by atoms with Crippen molar-refractivity contribution in [2.24, 2.45) is 0 Å². The van der Waals surface area contributed by atoms with E-state index >= 15 is 0 Å². The first kappa shape index (κ1) is 11.7. The molecule has 0 aliphatic rings. The van der Waals surface area contributed by atoms with Crippen molar-refractivity contribution in [3.05, 3.63) is 35.4 Å². The maximum atomic E-state index is 11.1. The molecular weight excluding hydrogens is 192 g/mol. The minimum atomic E-state index is -0.790. The van der Waals surface area contributed by atoms with Gasteiger partial charge in [0, 0.05) is 13.7 Å². The van der Waals surface area contributed by atoms with Crippen molar-refractivity contribution < 1.29 is 14.6 Å². The SMILES string of the molecule is COCCC(C(=O)O)c1ccccc1C. The molecule has 0 fully saturated rings. The van der Waals surface area contributed by atoms with Gasteiger partial charge in [0.15, 0.2) is 0 Å². The van der Waals surface area contributed by atoms with Crippen molar-refractivity contribution >= 4 is 5.97 Å². The summed E-state index contributed by atoms with van der Waals surface area (Å²) in [5, 5.41) is 9.12. The topological polar surface area (TPSA) is 46.5 Å². The Labute approximate surface area is 89.7 Å². The van der Waals surface area contributed by atoms with Crippen LogP contribution in [0.2, 0.25) is 0 Å². The average Bonchev–Trinajstić information content (AvgIpc) is 2.20. The van der Waals surface area contributed by atoms with Gasteiger partial charge in [0.1, 0.15) is 0 Å². The molecule has 0 saturated carbocycles. The fourth-order valence-electron chi connectivity index (χ4n) is 1.63. The molecule has 3 heteroatoms. The summed E-state index contributed by atoms with van der Waals surface area (Å²) >= 11 is 0. The van der Waals surface area contributed by atoms with Gasteiger partial charge in [0.2, 0.25) is 0 Å². The van der Waals surface area contributed by atoms with E-state index in [2.05, 4.69) is 0 Å². The molecule has 0 aromatic heterocycles. The minimum absolute atomic E-state index is 0.464. The van der Waals surface area contributed by atoms with Crippen LogP contribution in [-0.2, 0) is 9.53 Å². The number of aryl methyl sites for hydroxylation is 1. The largest absolute Gasteiger partial charge is 0.481 e. The Bertz CT molecular complexity index is 333. The molecular formula is C12H16O3. The lowest BCUT2D eigenvalue weighted by Gasteiger charge is -2.14. The lowest BCUT2D eigenvalue weighted by atomic mass is 9.92. The zero-order valence-electron chi connectivity index (χ0n) is 9.06. The van der Waals surface area contributed by atoms with Gasteiger partial charge >= 0.3 is 5.97 Å². The third-order valence-corrected chi connectivity index (χ3v) is 2.47. The zero-order chi connectivity index (χ0) is 11.3. The Morgan fingerprint density at radius 1 is 1.47 bits per heavy atom. The molecule has 1 rings (SSSR count). The van der Waals surface area contributed by atoms with Crippen LogP contribution in [-0.4, -0.2) is 24.8 Å². The van der Waals surface area contributed by atoms with E-state index in [-0.39, 0.29) is 0 Å². The van der Waals surface area contributed by atoms with E-state index in [4.69, 9.17) is 9.84 Å². The highest BCUT2D eigenvalue weighted by atomic mass is 16.5. The van der Waals surface area contributed by atoms with E-state index in [0.717, 1.165) is 11.1 Å². The predicted molar refractivity (Wildman–Crippen MR) is 58.0 cm³/mol. The van der Waals surface area contributed by atoms with Gasteiger partial charge < -0.3 is 9.84 Å². The smallest absolute Gasteiger partial charge is 0.311 e. The zero-order valence-corrected chi connectivity index (χ0v) is 9.06. The van der Waals surface area contributed by atoms with Gasteiger partial charge in [0.05, 0.1) is 5.92 Å². The number of rotatable bonds is 5. The average molecular weight is 208 g/mol. The highest BCUT2D eigenvalue weighted by Crippen LogP contribution is 2.23. The maximum Gasteiger partial charge on any atom is 0.311 e. The second-order valence-electron chi connectivity index (χ2n) is 3.53. The second kappa shape index (κ2) is 5.51. The molecule has 0 spiro atoms. The molecule has 82 valence electrons. The van der Waals surface area contributed by atoms with Crippen LogP contribution < -0.4 is 0 Å². The van der Waals surface area contributed by atoms with Crippen molar-refractivity contribution in [1.29, 1.82) is 0 Å². The number of aliphatic carboxylic acids is 1. The summed E-state index contributed by atoms with van der Waals surface area (Å²) in [7, 11) is 1.58. The molecule has 1 unspecified atom stereocenters. The molecule has 15 heavy (non-hydrogen) atoms. The van der Waals surface area contributed by atoms with Crippen molar-refractivity contribution in [2.75, 3.05) is 13.7 Å². The Kier molecular flexibility index (Phi) is 4.31. The summed E-state index contributed by atoms with van der Waals surface area (Å²) in [4.78, 5) is 11.1. The molecule has 1 aromatic rings. The Balaban J connectivity index is 2.89. The van der Waals surface area contributed by atoms with Crippen LogP contribution in [0.3, 0.4) is 0 Å². The maximum absolute atomic E-state index is 11.1. The molecule has 0 aliphatic carbocycles. The molecule has 0 bridgehead atoms. The van der Waals surface area contributed by atoms with Gasteiger partial charge in [-0.15, -0.1) is 0 Å². The van der Waals surface area contributed by atoms with Crippen molar-refractivity contribution in [1.82, 2.24) is 0 Å². The molecule has 1 N–H and O–H groups in total. The molecule has 0 radical (unpaired) electrons. The van der Waals surface area contributed by atoms with E-state index in [1.165, 1.54) is 0 Å². The van der Waals surface area contributed by atoms with Gasteiger partial charge in [-0.05, 0) is 24.5 Å². The van der Waals surface area contributed by atoms with Gasteiger partial charge in [-0.1, -0.05) is 24.3 Å². The fraction of sp³-hybridized carbons (Fsp3) is 0.417. The van der Waals surface area contributed by atoms with Gasteiger partial charge in [-0.2, -0.15) is 0 Å². The fourth-order valence-corrected chi connectivity index (χ4v) is 1.63. The number of hydrogen-bond acceptors (Lipinski definition) is 2. The summed E-state index contributed by atoms with van der Waals surface area (Å²) in [5.41, 5.74) is 1.89. The van der Waals surface area contributed by atoms with Crippen LogP contribution in [0.15, 0.2) is 24.3 Å². The van der Waals surface area contributed by atoms with Gasteiger partial charge in [0.25, 0.3) is 0 Å². The molecule has 3 nitrogen and oxygen atoms in total. The number of methoxy groups -OCH3 is 1. The molecule has 0 amide bonds. The van der Waals surface area contributed by atoms with Crippen LogP contribution in [0, 0.1) is 6.92 Å². The number of hydrogen-bond donors (Lipinski definition) is 1. The van der Waals surface area contributed by atoms with E-state index < -0.39 is 11.9 Å².